The quantitative estimate of drug-likeness (QED) is 0.866. The Labute approximate surface area is 133 Å². The summed E-state index contributed by atoms with van der Waals surface area (Å²) in [5.41, 5.74) is 2.09. The molecule has 2 aromatic rings. The first-order valence-electron chi connectivity index (χ1n) is 7.24. The Hall–Kier alpha value is -3.02. The highest BCUT2D eigenvalue weighted by atomic mass is 16.2. The molecule has 0 atom stereocenters. The number of aromatic nitrogens is 1. The van der Waals surface area contributed by atoms with Crippen LogP contribution in [0.1, 0.15) is 36.8 Å². The van der Waals surface area contributed by atoms with E-state index in [9.17, 15) is 14.4 Å². The lowest BCUT2D eigenvalue weighted by Crippen LogP contribution is -2.38. The molecule has 116 valence electrons. The van der Waals surface area contributed by atoms with Gasteiger partial charge < -0.3 is 5.32 Å². The molecule has 6 nitrogen and oxygen atoms in total. The van der Waals surface area contributed by atoms with E-state index in [-0.39, 0.29) is 30.6 Å². The van der Waals surface area contributed by atoms with Crippen molar-refractivity contribution in [3.8, 4) is 0 Å². The zero-order valence-corrected chi connectivity index (χ0v) is 12.6. The molecule has 6 heteroatoms. The minimum Gasteiger partial charge on any atom is -0.350 e. The second kappa shape index (κ2) is 6.00. The lowest BCUT2D eigenvalue weighted by molar-refractivity contribution is 0.0648. The molecular weight excluding hydrogens is 294 g/mol. The van der Waals surface area contributed by atoms with Crippen molar-refractivity contribution >= 4 is 17.7 Å². The first-order chi connectivity index (χ1) is 11.1. The van der Waals surface area contributed by atoms with E-state index in [1.807, 2.05) is 19.1 Å². The zero-order valence-electron chi connectivity index (χ0n) is 12.6. The van der Waals surface area contributed by atoms with Crippen LogP contribution < -0.4 is 5.32 Å². The maximum atomic E-state index is 12.1. The highest BCUT2D eigenvalue weighted by molar-refractivity contribution is 6.20. The Morgan fingerprint density at radius 1 is 1.13 bits per heavy atom. The summed E-state index contributed by atoms with van der Waals surface area (Å²) in [6, 6.07) is 10.4. The second-order valence-corrected chi connectivity index (χ2v) is 5.28. The van der Waals surface area contributed by atoms with E-state index in [1.165, 1.54) is 6.20 Å². The Bertz CT molecular complexity index is 749. The van der Waals surface area contributed by atoms with Crippen LogP contribution in [0.2, 0.25) is 0 Å². The van der Waals surface area contributed by atoms with E-state index in [0.29, 0.717) is 11.1 Å². The van der Waals surface area contributed by atoms with Crippen molar-refractivity contribution in [2.75, 3.05) is 13.1 Å². The largest absolute Gasteiger partial charge is 0.350 e. The summed E-state index contributed by atoms with van der Waals surface area (Å²) in [5, 5.41) is 2.71. The number of benzene rings is 1. The molecule has 1 N–H and O–H groups in total. The number of pyridine rings is 1. The van der Waals surface area contributed by atoms with Gasteiger partial charge in [-0.2, -0.15) is 0 Å². The van der Waals surface area contributed by atoms with Gasteiger partial charge in [-0.25, -0.2) is 0 Å². The molecule has 0 fully saturated rings. The third-order valence-electron chi connectivity index (χ3n) is 3.67. The maximum absolute atomic E-state index is 12.1. The van der Waals surface area contributed by atoms with Crippen molar-refractivity contribution in [2.24, 2.45) is 0 Å². The maximum Gasteiger partial charge on any atom is 0.280 e. The molecule has 3 rings (SSSR count). The number of hydrogen-bond donors (Lipinski definition) is 1. The molecule has 1 aromatic carbocycles. The van der Waals surface area contributed by atoms with Crippen LogP contribution in [0.15, 0.2) is 42.6 Å². The average molecular weight is 309 g/mol. The number of aryl methyl sites for hydroxylation is 1. The van der Waals surface area contributed by atoms with Crippen LogP contribution in [-0.4, -0.2) is 40.7 Å². The summed E-state index contributed by atoms with van der Waals surface area (Å²) in [4.78, 5) is 41.3. The van der Waals surface area contributed by atoms with Gasteiger partial charge in [-0.15, -0.1) is 0 Å². The smallest absolute Gasteiger partial charge is 0.280 e. The van der Waals surface area contributed by atoms with Gasteiger partial charge in [-0.05, 0) is 31.2 Å². The summed E-state index contributed by atoms with van der Waals surface area (Å²) < 4.78 is 0. The normalized spacial score (nSPS) is 13.2. The monoisotopic (exact) mass is 309 g/mol. The second-order valence-electron chi connectivity index (χ2n) is 5.28. The van der Waals surface area contributed by atoms with E-state index in [1.54, 1.807) is 24.3 Å². The lowest BCUT2D eigenvalue weighted by atomic mass is 10.1. The van der Waals surface area contributed by atoms with Gasteiger partial charge in [0.1, 0.15) is 5.69 Å². The van der Waals surface area contributed by atoms with Crippen molar-refractivity contribution in [2.45, 2.75) is 6.92 Å². The fourth-order valence-electron chi connectivity index (χ4n) is 2.41. The SMILES string of the molecule is Cc1ccc(C(=O)NCCN2C(=O)c3cccnc3C2=O)cc1. The van der Waals surface area contributed by atoms with Gasteiger partial charge in [0.2, 0.25) is 0 Å². The van der Waals surface area contributed by atoms with Crippen molar-refractivity contribution in [1.29, 1.82) is 0 Å². The van der Waals surface area contributed by atoms with Gasteiger partial charge in [0, 0.05) is 24.8 Å². The Kier molecular flexibility index (Phi) is 3.89. The molecule has 0 saturated carbocycles. The molecule has 0 bridgehead atoms. The fraction of sp³-hybridized carbons (Fsp3) is 0.176. The van der Waals surface area contributed by atoms with Crippen LogP contribution in [0.25, 0.3) is 0 Å². The molecule has 1 aromatic heterocycles. The number of carbonyl (C=O) groups excluding carboxylic acids is 3. The highest BCUT2D eigenvalue weighted by Gasteiger charge is 2.36. The van der Waals surface area contributed by atoms with Crippen LogP contribution in [0.3, 0.4) is 0 Å². The number of nitrogens with zero attached hydrogens (tertiary/aromatic N) is 2. The molecule has 0 saturated heterocycles. The first kappa shape index (κ1) is 14.9. The van der Waals surface area contributed by atoms with Crippen LogP contribution in [0, 0.1) is 6.92 Å². The summed E-state index contributed by atoms with van der Waals surface area (Å²) >= 11 is 0. The van der Waals surface area contributed by atoms with E-state index >= 15 is 0 Å². The third-order valence-corrected chi connectivity index (χ3v) is 3.67. The molecule has 1 aliphatic heterocycles. The number of imide groups is 1. The summed E-state index contributed by atoms with van der Waals surface area (Å²) in [6.07, 6.45) is 1.48. The molecule has 2 heterocycles. The fourth-order valence-corrected chi connectivity index (χ4v) is 2.41. The van der Waals surface area contributed by atoms with Crippen molar-refractivity contribution < 1.29 is 14.4 Å². The van der Waals surface area contributed by atoms with Crippen LogP contribution in [0.4, 0.5) is 0 Å². The molecule has 0 radical (unpaired) electrons. The number of rotatable bonds is 4. The number of fused-ring (bicyclic) bond motifs is 1. The minimum absolute atomic E-state index is 0.117. The number of amides is 3. The van der Waals surface area contributed by atoms with Gasteiger partial charge in [-0.3, -0.25) is 24.3 Å². The van der Waals surface area contributed by atoms with Gasteiger partial charge in [0.05, 0.1) is 5.56 Å². The number of nitrogens with one attached hydrogen (secondary N) is 1. The Balaban J connectivity index is 1.60. The molecule has 0 unspecified atom stereocenters. The van der Waals surface area contributed by atoms with E-state index < -0.39 is 5.91 Å². The van der Waals surface area contributed by atoms with Crippen molar-refractivity contribution in [1.82, 2.24) is 15.2 Å². The standard InChI is InChI=1S/C17H15N3O3/c1-11-4-6-12(7-5-11)15(21)19-9-10-20-16(22)13-3-2-8-18-14(13)17(20)23/h2-8H,9-10H2,1H3,(H,19,21). The predicted octanol–water partition coefficient (Wildman–Crippen LogP) is 1.42. The molecule has 0 spiro atoms. The molecule has 3 amide bonds. The summed E-state index contributed by atoms with van der Waals surface area (Å²) in [7, 11) is 0. The first-order valence-corrected chi connectivity index (χ1v) is 7.24. The topological polar surface area (TPSA) is 79.4 Å². The van der Waals surface area contributed by atoms with Gasteiger partial charge in [0.15, 0.2) is 0 Å². The Morgan fingerprint density at radius 3 is 2.57 bits per heavy atom. The van der Waals surface area contributed by atoms with Crippen molar-refractivity contribution in [3.05, 3.63) is 65.0 Å². The Morgan fingerprint density at radius 2 is 1.87 bits per heavy atom. The average Bonchev–Trinajstić information content (AvgIpc) is 2.81. The van der Waals surface area contributed by atoms with E-state index in [0.717, 1.165) is 10.5 Å². The highest BCUT2D eigenvalue weighted by Crippen LogP contribution is 2.19. The summed E-state index contributed by atoms with van der Waals surface area (Å²) in [6.45, 7) is 2.25. The van der Waals surface area contributed by atoms with E-state index in [2.05, 4.69) is 10.3 Å². The van der Waals surface area contributed by atoms with Crippen LogP contribution in [0.5, 0.6) is 0 Å². The van der Waals surface area contributed by atoms with Crippen LogP contribution >= 0.6 is 0 Å². The predicted molar refractivity (Wildman–Crippen MR) is 83.1 cm³/mol. The zero-order chi connectivity index (χ0) is 16.4. The van der Waals surface area contributed by atoms with Crippen molar-refractivity contribution in [3.63, 3.8) is 0 Å². The van der Waals surface area contributed by atoms with Gasteiger partial charge in [0.25, 0.3) is 17.7 Å². The third kappa shape index (κ3) is 2.83. The number of carbonyl (C=O) groups is 3. The molecule has 0 aliphatic carbocycles. The van der Waals surface area contributed by atoms with Gasteiger partial charge >= 0.3 is 0 Å². The lowest BCUT2D eigenvalue weighted by Gasteiger charge is -2.14. The summed E-state index contributed by atoms with van der Waals surface area (Å²) in [5.74, 6) is -1.03. The van der Waals surface area contributed by atoms with Crippen LogP contribution in [-0.2, 0) is 0 Å². The molecule has 23 heavy (non-hydrogen) atoms. The molecule has 1 aliphatic rings. The number of hydrogen-bond acceptors (Lipinski definition) is 4. The van der Waals surface area contributed by atoms with E-state index in [4.69, 9.17) is 0 Å². The van der Waals surface area contributed by atoms with Gasteiger partial charge in [-0.1, -0.05) is 17.7 Å². The molecular formula is C17H15N3O3. The minimum atomic E-state index is -0.421.